The number of hydrogen-bond donors (Lipinski definition) is 3. The predicted molar refractivity (Wildman–Crippen MR) is 148 cm³/mol. The number of aromatic amines is 1. The molecule has 1 saturated heterocycles. The Balaban J connectivity index is 1.48. The number of aliphatic imine (C=N–C) groups is 1. The van der Waals surface area contributed by atoms with E-state index in [-0.39, 0.29) is 18.4 Å². The number of aromatic nitrogens is 1. The van der Waals surface area contributed by atoms with E-state index in [0.29, 0.717) is 11.3 Å². The third-order valence-corrected chi connectivity index (χ3v) is 6.76. The SMILES string of the molecule is COC(=O)CNc1ccc2c(C(=Nc3ccc(CN4CCCCC4)cc3)c3ccccc3)c(O)[nH]c2c1. The van der Waals surface area contributed by atoms with E-state index in [1.807, 2.05) is 60.7 Å². The van der Waals surface area contributed by atoms with Crippen molar-refractivity contribution in [2.75, 3.05) is 32.1 Å². The molecule has 3 N–H and O–H groups in total. The molecule has 4 aromatic rings. The van der Waals surface area contributed by atoms with E-state index in [4.69, 9.17) is 9.73 Å². The van der Waals surface area contributed by atoms with Crippen molar-refractivity contribution in [1.82, 2.24) is 9.88 Å². The van der Waals surface area contributed by atoms with Gasteiger partial charge in [-0.3, -0.25) is 9.69 Å². The second-order valence-corrected chi connectivity index (χ2v) is 9.37. The topological polar surface area (TPSA) is 89.9 Å². The molecule has 0 spiro atoms. The molecule has 0 bridgehead atoms. The third-order valence-electron chi connectivity index (χ3n) is 6.76. The van der Waals surface area contributed by atoms with Crippen LogP contribution in [-0.2, 0) is 16.1 Å². The molecule has 1 aromatic heterocycles. The minimum Gasteiger partial charge on any atom is -0.494 e. The van der Waals surface area contributed by atoms with Crippen molar-refractivity contribution in [2.45, 2.75) is 25.8 Å². The molecule has 1 aliphatic heterocycles. The van der Waals surface area contributed by atoms with Gasteiger partial charge in [-0.1, -0.05) is 48.9 Å². The zero-order valence-electron chi connectivity index (χ0n) is 21.0. The van der Waals surface area contributed by atoms with Gasteiger partial charge in [0, 0.05) is 23.2 Å². The first-order valence-electron chi connectivity index (χ1n) is 12.7. The van der Waals surface area contributed by atoms with Crippen LogP contribution in [0.3, 0.4) is 0 Å². The lowest BCUT2D eigenvalue weighted by molar-refractivity contribution is -0.138. The molecule has 0 radical (unpaired) electrons. The Kier molecular flexibility index (Phi) is 7.51. The van der Waals surface area contributed by atoms with E-state index < -0.39 is 0 Å². The maximum atomic E-state index is 11.5. The number of benzene rings is 3. The number of esters is 1. The highest BCUT2D eigenvalue weighted by Crippen LogP contribution is 2.33. The number of aromatic hydroxyl groups is 1. The van der Waals surface area contributed by atoms with Gasteiger partial charge >= 0.3 is 5.97 Å². The third kappa shape index (κ3) is 5.84. The number of piperidine rings is 1. The second-order valence-electron chi connectivity index (χ2n) is 9.37. The van der Waals surface area contributed by atoms with Crippen molar-refractivity contribution in [3.8, 4) is 5.88 Å². The van der Waals surface area contributed by atoms with Gasteiger partial charge in [-0.15, -0.1) is 0 Å². The molecule has 3 aromatic carbocycles. The van der Waals surface area contributed by atoms with Crippen LogP contribution >= 0.6 is 0 Å². The summed E-state index contributed by atoms with van der Waals surface area (Å²) in [7, 11) is 1.36. The minimum atomic E-state index is -0.351. The molecule has 5 rings (SSSR count). The number of rotatable bonds is 8. The smallest absolute Gasteiger partial charge is 0.325 e. The van der Waals surface area contributed by atoms with Gasteiger partial charge in [0.1, 0.15) is 6.54 Å². The van der Waals surface area contributed by atoms with Gasteiger partial charge in [0.15, 0.2) is 5.88 Å². The summed E-state index contributed by atoms with van der Waals surface area (Å²) in [4.78, 5) is 22.1. The Hall–Kier alpha value is -4.10. The van der Waals surface area contributed by atoms with Gasteiger partial charge in [0.25, 0.3) is 0 Å². The maximum Gasteiger partial charge on any atom is 0.325 e. The van der Waals surface area contributed by atoms with Gasteiger partial charge in [0.05, 0.1) is 29.6 Å². The highest BCUT2D eigenvalue weighted by atomic mass is 16.5. The minimum absolute atomic E-state index is 0.0458. The van der Waals surface area contributed by atoms with Gasteiger partial charge in [0.2, 0.25) is 0 Å². The second kappa shape index (κ2) is 11.3. The first kappa shape index (κ1) is 24.6. The van der Waals surface area contributed by atoms with E-state index in [1.165, 1.54) is 31.9 Å². The number of nitrogens with one attached hydrogen (secondary N) is 2. The van der Waals surface area contributed by atoms with Crippen molar-refractivity contribution in [3.05, 3.63) is 89.5 Å². The summed E-state index contributed by atoms with van der Waals surface area (Å²) in [5.41, 5.74) is 5.82. The van der Waals surface area contributed by atoms with E-state index >= 15 is 0 Å². The van der Waals surface area contributed by atoms with Crippen LogP contribution in [0.5, 0.6) is 5.88 Å². The Bertz CT molecular complexity index is 1390. The number of carbonyl (C=O) groups excluding carboxylic acids is 1. The molecule has 2 heterocycles. The van der Waals surface area contributed by atoms with Crippen LogP contribution in [0.2, 0.25) is 0 Å². The number of nitrogens with zero attached hydrogens (tertiary/aromatic N) is 2. The summed E-state index contributed by atoms with van der Waals surface area (Å²) in [6.07, 6.45) is 3.89. The number of fused-ring (bicyclic) bond motifs is 1. The van der Waals surface area contributed by atoms with E-state index in [2.05, 4.69) is 27.3 Å². The van der Waals surface area contributed by atoms with Crippen LogP contribution in [0.25, 0.3) is 10.9 Å². The lowest BCUT2D eigenvalue weighted by Gasteiger charge is -2.26. The quantitative estimate of drug-likeness (QED) is 0.218. The monoisotopic (exact) mass is 496 g/mol. The highest BCUT2D eigenvalue weighted by molar-refractivity contribution is 6.22. The van der Waals surface area contributed by atoms with Crippen molar-refractivity contribution < 1.29 is 14.6 Å². The molecule has 1 fully saturated rings. The molecule has 7 nitrogen and oxygen atoms in total. The maximum absolute atomic E-state index is 11.5. The van der Waals surface area contributed by atoms with Crippen LogP contribution in [-0.4, -0.2) is 53.4 Å². The number of hydrogen-bond acceptors (Lipinski definition) is 6. The van der Waals surface area contributed by atoms with Gasteiger partial charge < -0.3 is 20.1 Å². The summed E-state index contributed by atoms with van der Waals surface area (Å²) in [5, 5.41) is 14.9. The Morgan fingerprint density at radius 2 is 1.78 bits per heavy atom. The molecule has 0 aliphatic carbocycles. The zero-order chi connectivity index (χ0) is 25.6. The largest absolute Gasteiger partial charge is 0.494 e. The number of anilines is 1. The lowest BCUT2D eigenvalue weighted by atomic mass is 10.0. The number of H-pyrrole nitrogens is 1. The Labute approximate surface area is 216 Å². The Morgan fingerprint density at radius 1 is 1.03 bits per heavy atom. The van der Waals surface area contributed by atoms with E-state index in [0.717, 1.165) is 47.5 Å². The molecule has 190 valence electrons. The lowest BCUT2D eigenvalue weighted by Crippen LogP contribution is -2.28. The van der Waals surface area contributed by atoms with Crippen molar-refractivity contribution in [3.63, 3.8) is 0 Å². The van der Waals surface area contributed by atoms with E-state index in [9.17, 15) is 9.90 Å². The molecule has 37 heavy (non-hydrogen) atoms. The van der Waals surface area contributed by atoms with Gasteiger partial charge in [-0.05, 0) is 61.8 Å². The van der Waals surface area contributed by atoms with Gasteiger partial charge in [-0.2, -0.15) is 0 Å². The van der Waals surface area contributed by atoms with Crippen molar-refractivity contribution in [1.29, 1.82) is 0 Å². The average molecular weight is 497 g/mol. The van der Waals surface area contributed by atoms with Crippen LogP contribution in [0.1, 0.15) is 36.0 Å². The van der Waals surface area contributed by atoms with Gasteiger partial charge in [-0.25, -0.2) is 4.99 Å². The first-order chi connectivity index (χ1) is 18.1. The molecule has 0 amide bonds. The van der Waals surface area contributed by atoms with E-state index in [1.54, 1.807) is 0 Å². The molecule has 0 unspecified atom stereocenters. The van der Waals surface area contributed by atoms with Crippen LogP contribution < -0.4 is 5.32 Å². The molecular formula is C30H32N4O3. The Morgan fingerprint density at radius 3 is 2.51 bits per heavy atom. The summed E-state index contributed by atoms with van der Waals surface area (Å²) >= 11 is 0. The zero-order valence-corrected chi connectivity index (χ0v) is 21.0. The fraction of sp³-hybridized carbons (Fsp3) is 0.267. The summed E-state index contributed by atoms with van der Waals surface area (Å²) in [6.45, 7) is 3.35. The fourth-order valence-corrected chi connectivity index (χ4v) is 4.82. The molecule has 1 aliphatic rings. The highest BCUT2D eigenvalue weighted by Gasteiger charge is 2.19. The van der Waals surface area contributed by atoms with Crippen LogP contribution in [0.15, 0.2) is 77.8 Å². The molecular weight excluding hydrogens is 464 g/mol. The van der Waals surface area contributed by atoms with Crippen molar-refractivity contribution >= 4 is 34.0 Å². The van der Waals surface area contributed by atoms with Crippen LogP contribution in [0, 0.1) is 0 Å². The fourth-order valence-electron chi connectivity index (χ4n) is 4.82. The number of methoxy groups -OCH3 is 1. The molecule has 7 heteroatoms. The van der Waals surface area contributed by atoms with Crippen LogP contribution in [0.4, 0.5) is 11.4 Å². The molecule has 0 atom stereocenters. The normalized spacial score (nSPS) is 14.6. The summed E-state index contributed by atoms with van der Waals surface area (Å²) in [5.74, 6) is -0.306. The van der Waals surface area contributed by atoms with Crippen molar-refractivity contribution in [2.24, 2.45) is 4.99 Å². The molecule has 0 saturated carbocycles. The standard InChI is InChI=1S/C30H32N4O3/c1-37-27(35)19-31-24-14-15-25-26(18-24)33-30(36)28(25)29(22-8-4-2-5-9-22)32-23-12-10-21(11-13-23)20-34-16-6-3-7-17-34/h2,4-5,8-15,18,31,33,36H,3,6-7,16-17,19-20H2,1H3. The predicted octanol–water partition coefficient (Wildman–Crippen LogP) is 5.61. The number of ether oxygens (including phenoxy) is 1. The summed E-state index contributed by atoms with van der Waals surface area (Å²) < 4.78 is 4.70. The first-order valence-corrected chi connectivity index (χ1v) is 12.7. The number of likely N-dealkylation sites (tertiary alicyclic amines) is 1. The average Bonchev–Trinajstić information content (AvgIpc) is 3.27. The summed E-state index contributed by atoms with van der Waals surface area (Å²) in [6, 6.07) is 23.9. The number of carbonyl (C=O) groups is 1.